The molecule has 6 heteroatoms. The van der Waals surface area contributed by atoms with E-state index in [1.54, 1.807) is 0 Å². The first-order valence-corrected chi connectivity index (χ1v) is 10.1. The van der Waals surface area contributed by atoms with E-state index in [9.17, 15) is 0 Å². The molecule has 152 valence electrons. The molecule has 1 aromatic carbocycles. The molecule has 0 saturated carbocycles. The smallest absolute Gasteiger partial charge is 0.233 e. The lowest BCUT2D eigenvalue weighted by molar-refractivity contribution is 0.0524. The molecule has 0 bridgehead atoms. The molecule has 3 aromatic rings. The van der Waals surface area contributed by atoms with Crippen LogP contribution in [0.2, 0.25) is 0 Å². The number of piperidine rings is 1. The number of benzene rings is 1. The molecule has 0 atom stereocenters. The Bertz CT molecular complexity index is 961. The van der Waals surface area contributed by atoms with Crippen LogP contribution in [0.3, 0.4) is 0 Å². The van der Waals surface area contributed by atoms with Gasteiger partial charge in [-0.3, -0.25) is 5.10 Å². The third-order valence-corrected chi connectivity index (χ3v) is 5.41. The number of hydrogen-bond donors (Lipinski definition) is 2. The van der Waals surface area contributed by atoms with Gasteiger partial charge >= 0.3 is 0 Å². The van der Waals surface area contributed by atoms with Gasteiger partial charge in [-0.1, -0.05) is 18.2 Å². The predicted molar refractivity (Wildman–Crippen MR) is 115 cm³/mol. The minimum absolute atomic E-state index is 0.0353. The van der Waals surface area contributed by atoms with Crippen molar-refractivity contribution in [3.63, 3.8) is 0 Å². The Labute approximate surface area is 172 Å². The molecule has 1 saturated heterocycles. The molecule has 2 N–H and O–H groups in total. The number of nitrogens with zero attached hydrogens (tertiary/aromatic N) is 3. The van der Waals surface area contributed by atoms with E-state index < -0.39 is 0 Å². The van der Waals surface area contributed by atoms with Gasteiger partial charge in [0.25, 0.3) is 0 Å². The van der Waals surface area contributed by atoms with Gasteiger partial charge in [-0.05, 0) is 51.8 Å². The van der Waals surface area contributed by atoms with Crippen LogP contribution in [0.25, 0.3) is 22.4 Å². The van der Waals surface area contributed by atoms with E-state index in [1.807, 2.05) is 24.5 Å². The van der Waals surface area contributed by atoms with E-state index in [0.29, 0.717) is 5.88 Å². The molecule has 1 aliphatic heterocycles. The van der Waals surface area contributed by atoms with Crippen LogP contribution in [-0.2, 0) is 0 Å². The lowest BCUT2D eigenvalue weighted by atomic mass is 9.81. The van der Waals surface area contributed by atoms with Crippen molar-refractivity contribution < 1.29 is 4.74 Å². The zero-order valence-corrected chi connectivity index (χ0v) is 17.8. The molecule has 0 unspecified atom stereocenters. The minimum Gasteiger partial charge on any atom is -0.473 e. The predicted octanol–water partition coefficient (Wildman–Crippen LogP) is 4.53. The second-order valence-electron chi connectivity index (χ2n) is 9.31. The number of aromatic amines is 1. The number of aryl methyl sites for hydroxylation is 1. The number of aromatic nitrogens is 4. The Kier molecular flexibility index (Phi) is 4.90. The summed E-state index contributed by atoms with van der Waals surface area (Å²) in [4.78, 5) is 0. The number of H-pyrrole nitrogens is 1. The summed E-state index contributed by atoms with van der Waals surface area (Å²) in [6.07, 6.45) is 5.72. The molecule has 0 spiro atoms. The average Bonchev–Trinajstić information content (AvgIpc) is 3.14. The van der Waals surface area contributed by atoms with Gasteiger partial charge in [0.1, 0.15) is 6.10 Å². The summed E-state index contributed by atoms with van der Waals surface area (Å²) in [5.74, 6) is 0.583. The van der Waals surface area contributed by atoms with E-state index in [0.717, 1.165) is 40.8 Å². The lowest BCUT2D eigenvalue weighted by Crippen LogP contribution is -2.60. The second kappa shape index (κ2) is 7.26. The van der Waals surface area contributed by atoms with Crippen LogP contribution in [0.5, 0.6) is 5.88 Å². The fraction of sp³-hybridized carbons (Fsp3) is 0.435. The van der Waals surface area contributed by atoms with Crippen molar-refractivity contribution in [1.82, 2.24) is 25.7 Å². The fourth-order valence-electron chi connectivity index (χ4n) is 4.55. The van der Waals surface area contributed by atoms with Gasteiger partial charge in [0.05, 0.1) is 11.9 Å². The first-order chi connectivity index (χ1) is 13.7. The SMILES string of the molecule is Cc1cc(-c2cn[nH]c2)ccc1-c1ccc(OC2CC(C)(C)NC(C)(C)C2)nn1. The normalized spacial score (nSPS) is 18.5. The van der Waals surface area contributed by atoms with Crippen LogP contribution >= 0.6 is 0 Å². The highest BCUT2D eigenvalue weighted by atomic mass is 16.5. The molecule has 6 nitrogen and oxygen atoms in total. The number of nitrogens with one attached hydrogen (secondary N) is 2. The van der Waals surface area contributed by atoms with Crippen molar-refractivity contribution in [2.24, 2.45) is 0 Å². The molecule has 4 rings (SSSR count). The first kappa shape index (κ1) is 19.6. The van der Waals surface area contributed by atoms with Crippen molar-refractivity contribution in [1.29, 1.82) is 0 Å². The van der Waals surface area contributed by atoms with E-state index in [2.05, 4.69) is 78.5 Å². The number of hydrogen-bond acceptors (Lipinski definition) is 5. The molecule has 2 aromatic heterocycles. The standard InChI is InChI=1S/C23H29N5O/c1-15-10-16(17-13-24-25-14-17)6-7-19(15)20-8-9-21(27-26-20)29-18-11-22(2,3)28-23(4,5)12-18/h6-10,13-14,18,28H,11-12H2,1-5H3,(H,24,25). The Morgan fingerprint density at radius 3 is 2.31 bits per heavy atom. The maximum Gasteiger partial charge on any atom is 0.233 e. The van der Waals surface area contributed by atoms with Gasteiger partial charge < -0.3 is 10.1 Å². The molecule has 1 aliphatic rings. The summed E-state index contributed by atoms with van der Waals surface area (Å²) >= 11 is 0. The minimum atomic E-state index is 0.0353. The molecule has 0 aliphatic carbocycles. The third-order valence-electron chi connectivity index (χ3n) is 5.41. The molecule has 1 fully saturated rings. The van der Waals surface area contributed by atoms with Crippen LogP contribution < -0.4 is 10.1 Å². The maximum absolute atomic E-state index is 6.19. The van der Waals surface area contributed by atoms with Crippen LogP contribution in [-0.4, -0.2) is 37.6 Å². The highest BCUT2D eigenvalue weighted by Gasteiger charge is 2.38. The van der Waals surface area contributed by atoms with Gasteiger partial charge in [0.15, 0.2) is 0 Å². The number of ether oxygens (including phenoxy) is 1. The largest absolute Gasteiger partial charge is 0.473 e. The highest BCUT2D eigenvalue weighted by molar-refractivity contribution is 5.71. The van der Waals surface area contributed by atoms with E-state index in [-0.39, 0.29) is 17.2 Å². The summed E-state index contributed by atoms with van der Waals surface area (Å²) in [6, 6.07) is 10.2. The Morgan fingerprint density at radius 2 is 1.72 bits per heavy atom. The number of rotatable bonds is 4. The van der Waals surface area contributed by atoms with Crippen molar-refractivity contribution in [3.8, 4) is 28.3 Å². The quantitative estimate of drug-likeness (QED) is 0.683. The maximum atomic E-state index is 6.19. The van der Waals surface area contributed by atoms with Gasteiger partial charge in [-0.2, -0.15) is 5.10 Å². The Morgan fingerprint density at radius 1 is 0.966 bits per heavy atom. The summed E-state index contributed by atoms with van der Waals surface area (Å²) in [5, 5.41) is 19.3. The zero-order chi connectivity index (χ0) is 20.6. The topological polar surface area (TPSA) is 75.7 Å². The van der Waals surface area contributed by atoms with Gasteiger partial charge in [0.2, 0.25) is 5.88 Å². The van der Waals surface area contributed by atoms with E-state index >= 15 is 0 Å². The van der Waals surface area contributed by atoms with Gasteiger partial charge in [-0.15, -0.1) is 10.2 Å². The summed E-state index contributed by atoms with van der Waals surface area (Å²) in [6.45, 7) is 11.0. The van der Waals surface area contributed by atoms with Crippen molar-refractivity contribution in [3.05, 3.63) is 48.3 Å². The summed E-state index contributed by atoms with van der Waals surface area (Å²) in [7, 11) is 0. The highest BCUT2D eigenvalue weighted by Crippen LogP contribution is 2.31. The Hall–Kier alpha value is -2.73. The molecule has 0 amide bonds. The van der Waals surface area contributed by atoms with Crippen molar-refractivity contribution in [2.75, 3.05) is 0 Å². The third kappa shape index (κ3) is 4.48. The van der Waals surface area contributed by atoms with Crippen LogP contribution in [0, 0.1) is 6.92 Å². The Balaban J connectivity index is 1.50. The second-order valence-corrected chi connectivity index (χ2v) is 9.31. The van der Waals surface area contributed by atoms with Crippen molar-refractivity contribution in [2.45, 2.75) is 64.6 Å². The first-order valence-electron chi connectivity index (χ1n) is 10.1. The van der Waals surface area contributed by atoms with Crippen LogP contribution in [0.15, 0.2) is 42.7 Å². The van der Waals surface area contributed by atoms with Crippen molar-refractivity contribution >= 4 is 0 Å². The molecule has 3 heterocycles. The molecular weight excluding hydrogens is 362 g/mol. The monoisotopic (exact) mass is 391 g/mol. The van der Waals surface area contributed by atoms with Gasteiger partial charge in [-0.25, -0.2) is 0 Å². The summed E-state index contributed by atoms with van der Waals surface area (Å²) in [5.41, 5.74) is 5.33. The lowest BCUT2D eigenvalue weighted by Gasteiger charge is -2.46. The van der Waals surface area contributed by atoms with Crippen LogP contribution in [0.4, 0.5) is 0 Å². The average molecular weight is 392 g/mol. The summed E-state index contributed by atoms with van der Waals surface area (Å²) < 4.78 is 6.19. The van der Waals surface area contributed by atoms with Crippen LogP contribution in [0.1, 0.15) is 46.1 Å². The van der Waals surface area contributed by atoms with E-state index in [1.165, 1.54) is 0 Å². The van der Waals surface area contributed by atoms with E-state index in [4.69, 9.17) is 4.74 Å². The van der Waals surface area contributed by atoms with Gasteiger partial charge in [0, 0.05) is 47.3 Å². The fourth-order valence-corrected chi connectivity index (χ4v) is 4.55. The molecule has 29 heavy (non-hydrogen) atoms. The molecule has 0 radical (unpaired) electrons. The molecular formula is C23H29N5O. The zero-order valence-electron chi connectivity index (χ0n) is 17.8.